The molecule has 9 heteroatoms. The van der Waals surface area contributed by atoms with Crippen LogP contribution in [-0.2, 0) is 27.9 Å². The lowest BCUT2D eigenvalue weighted by Crippen LogP contribution is -2.22. The van der Waals surface area contributed by atoms with Crippen LogP contribution >= 0.6 is 19.2 Å². The van der Waals surface area contributed by atoms with E-state index >= 15 is 0 Å². The van der Waals surface area contributed by atoms with Crippen LogP contribution in [0.3, 0.4) is 0 Å². The molecule has 6 nitrogen and oxygen atoms in total. The minimum absolute atomic E-state index is 0.0562. The summed E-state index contributed by atoms with van der Waals surface area (Å²) in [6, 6.07) is 5.23. The van der Waals surface area contributed by atoms with E-state index in [0.29, 0.717) is 12.0 Å². The molecule has 152 valence electrons. The average molecular weight is 423 g/mol. The normalized spacial score (nSPS) is 13.8. The van der Waals surface area contributed by atoms with E-state index in [9.17, 15) is 18.5 Å². The number of carbonyl (C=O) groups excluding carboxylic acids is 2. The molecule has 0 N–H and O–H groups in total. The zero-order valence-corrected chi connectivity index (χ0v) is 17.3. The van der Waals surface area contributed by atoms with Gasteiger partial charge < -0.3 is 13.8 Å². The Hall–Kier alpha value is -1.27. The molecule has 0 aliphatic rings. The van der Waals surface area contributed by atoms with Crippen LogP contribution in [0.2, 0.25) is 0 Å². The number of ketones is 1. The van der Waals surface area contributed by atoms with Crippen molar-refractivity contribution in [1.29, 1.82) is 0 Å². The number of rotatable bonds is 12. The van der Waals surface area contributed by atoms with E-state index in [1.807, 2.05) is 6.92 Å². The predicted molar refractivity (Wildman–Crippen MR) is 100 cm³/mol. The molecule has 0 heterocycles. The summed E-state index contributed by atoms with van der Waals surface area (Å²) in [6.45, 7) is 5.14. The maximum Gasteiger partial charge on any atom is 0.355 e. The number of benzene rings is 1. The van der Waals surface area contributed by atoms with E-state index < -0.39 is 36.4 Å². The van der Waals surface area contributed by atoms with Gasteiger partial charge in [-0.3, -0.25) is 14.2 Å². The van der Waals surface area contributed by atoms with Crippen molar-refractivity contribution in [3.05, 3.63) is 35.6 Å². The average Bonchev–Trinajstić information content (AvgIpc) is 2.61. The Morgan fingerprint density at radius 2 is 1.67 bits per heavy atom. The molecule has 0 spiro atoms. The smallest absolute Gasteiger partial charge is 0.355 e. The summed E-state index contributed by atoms with van der Waals surface area (Å²) in [6.07, 6.45) is -0.563. The highest BCUT2D eigenvalue weighted by Gasteiger charge is 2.40. The summed E-state index contributed by atoms with van der Waals surface area (Å²) in [5, 5.41) is -1.54. The fourth-order valence-corrected chi connectivity index (χ4v) is 4.25. The molecule has 2 atom stereocenters. The largest absolute Gasteiger partial charge is 0.457 e. The number of Topliss-reactive ketones (excluding diaryl/α,β-unsaturated/α-hetero) is 1. The van der Waals surface area contributed by atoms with Gasteiger partial charge in [-0.25, -0.2) is 4.39 Å². The lowest BCUT2D eigenvalue weighted by molar-refractivity contribution is -0.150. The molecule has 1 aromatic rings. The number of hydrogen-bond acceptors (Lipinski definition) is 6. The molecule has 0 saturated heterocycles. The first-order valence-corrected chi connectivity index (χ1v) is 10.8. The van der Waals surface area contributed by atoms with Crippen LogP contribution < -0.4 is 0 Å². The van der Waals surface area contributed by atoms with Crippen molar-refractivity contribution in [2.75, 3.05) is 13.2 Å². The second-order valence-electron chi connectivity index (χ2n) is 5.66. The number of carbonyl (C=O) groups is 2. The standard InChI is InChI=1S/C18H25ClFO6P/c1-4-7-17(22)26-16(13-8-10-14(20)11-9-13)12-15(21)18(19)27(23,24-5-2)25-6-3/h8-11,16,18H,4-7,12H2,1-3H3. The zero-order chi connectivity index (χ0) is 20.4. The van der Waals surface area contributed by atoms with E-state index in [1.54, 1.807) is 13.8 Å². The molecule has 0 fully saturated rings. The summed E-state index contributed by atoms with van der Waals surface area (Å²) in [5.41, 5.74) is 0.431. The van der Waals surface area contributed by atoms with Gasteiger partial charge in [-0.05, 0) is 38.0 Å². The Morgan fingerprint density at radius 1 is 1.11 bits per heavy atom. The van der Waals surface area contributed by atoms with E-state index in [4.69, 9.17) is 25.4 Å². The third kappa shape index (κ3) is 7.34. The van der Waals surface area contributed by atoms with Crippen LogP contribution in [0, 0.1) is 5.82 Å². The molecule has 0 bridgehead atoms. The molecule has 0 saturated carbocycles. The van der Waals surface area contributed by atoms with Crippen LogP contribution in [0.5, 0.6) is 0 Å². The Bertz CT molecular complexity index is 656. The second-order valence-corrected chi connectivity index (χ2v) is 8.51. The number of halogens is 2. The summed E-state index contributed by atoms with van der Waals surface area (Å²) in [7, 11) is -3.85. The minimum atomic E-state index is -3.85. The van der Waals surface area contributed by atoms with Crippen molar-refractivity contribution < 1.29 is 32.3 Å². The van der Waals surface area contributed by atoms with Gasteiger partial charge in [-0.1, -0.05) is 19.1 Å². The molecule has 0 aliphatic carbocycles. The highest BCUT2D eigenvalue weighted by Crippen LogP contribution is 2.55. The quantitative estimate of drug-likeness (QED) is 0.268. The Balaban J connectivity index is 3.01. The Kier molecular flexibility index (Phi) is 10.2. The van der Waals surface area contributed by atoms with Crippen molar-refractivity contribution >= 4 is 30.9 Å². The summed E-state index contributed by atoms with van der Waals surface area (Å²) in [5.74, 6) is -1.61. The molecule has 0 aromatic heterocycles. The molecule has 0 aliphatic heterocycles. The number of alkyl halides is 1. The third-order valence-electron chi connectivity index (χ3n) is 3.52. The van der Waals surface area contributed by atoms with Gasteiger partial charge in [0.2, 0.25) is 0 Å². The van der Waals surface area contributed by atoms with Crippen molar-refractivity contribution in [2.24, 2.45) is 0 Å². The van der Waals surface area contributed by atoms with Crippen molar-refractivity contribution in [3.63, 3.8) is 0 Å². The number of hydrogen-bond donors (Lipinski definition) is 0. The summed E-state index contributed by atoms with van der Waals surface area (Å²) >= 11 is 6.09. The van der Waals surface area contributed by atoms with Crippen LogP contribution in [-0.4, -0.2) is 30.1 Å². The predicted octanol–water partition coefficient (Wildman–Crippen LogP) is 5.00. The molecular weight excluding hydrogens is 398 g/mol. The zero-order valence-electron chi connectivity index (χ0n) is 15.7. The topological polar surface area (TPSA) is 78.9 Å². The first-order chi connectivity index (χ1) is 12.8. The molecule has 0 amide bonds. The lowest BCUT2D eigenvalue weighted by atomic mass is 10.0. The second kappa shape index (κ2) is 11.5. The third-order valence-corrected chi connectivity index (χ3v) is 6.56. The van der Waals surface area contributed by atoms with E-state index in [2.05, 4.69) is 0 Å². The van der Waals surface area contributed by atoms with Gasteiger partial charge in [0, 0.05) is 12.8 Å². The summed E-state index contributed by atoms with van der Waals surface area (Å²) < 4.78 is 41.4. The number of esters is 1. The number of ether oxygens (including phenoxy) is 1. The maximum absolute atomic E-state index is 13.2. The van der Waals surface area contributed by atoms with Crippen LogP contribution in [0.15, 0.2) is 24.3 Å². The van der Waals surface area contributed by atoms with Gasteiger partial charge in [0.15, 0.2) is 10.9 Å². The van der Waals surface area contributed by atoms with Gasteiger partial charge in [0.25, 0.3) is 0 Å². The van der Waals surface area contributed by atoms with Crippen molar-refractivity contribution in [3.8, 4) is 0 Å². The molecule has 1 aromatic carbocycles. The van der Waals surface area contributed by atoms with Crippen molar-refractivity contribution in [2.45, 2.75) is 51.3 Å². The maximum atomic E-state index is 13.2. The van der Waals surface area contributed by atoms with Crippen LogP contribution in [0.1, 0.15) is 51.7 Å². The van der Waals surface area contributed by atoms with Gasteiger partial charge in [-0.15, -0.1) is 11.6 Å². The van der Waals surface area contributed by atoms with Crippen LogP contribution in [0.4, 0.5) is 4.39 Å². The minimum Gasteiger partial charge on any atom is -0.457 e. The van der Waals surface area contributed by atoms with Gasteiger partial charge in [0.05, 0.1) is 13.2 Å². The highest BCUT2D eigenvalue weighted by atomic mass is 35.5. The Labute approximate surface area is 163 Å². The monoisotopic (exact) mass is 422 g/mol. The highest BCUT2D eigenvalue weighted by molar-refractivity contribution is 7.57. The van der Waals surface area contributed by atoms with Gasteiger partial charge >= 0.3 is 13.6 Å². The SMILES string of the molecule is CCCC(=O)OC(CC(=O)C(Cl)P(=O)(OCC)OCC)c1ccc(F)cc1. The summed E-state index contributed by atoms with van der Waals surface area (Å²) in [4.78, 5) is 24.5. The molecule has 27 heavy (non-hydrogen) atoms. The van der Waals surface area contributed by atoms with E-state index in [-0.39, 0.29) is 26.1 Å². The molecule has 2 unspecified atom stereocenters. The van der Waals surface area contributed by atoms with Crippen molar-refractivity contribution in [1.82, 2.24) is 0 Å². The molecule has 0 radical (unpaired) electrons. The van der Waals surface area contributed by atoms with Crippen LogP contribution in [0.25, 0.3) is 0 Å². The van der Waals surface area contributed by atoms with Gasteiger partial charge in [0.1, 0.15) is 11.9 Å². The first kappa shape index (κ1) is 23.8. The van der Waals surface area contributed by atoms with E-state index in [1.165, 1.54) is 24.3 Å². The fourth-order valence-electron chi connectivity index (χ4n) is 2.31. The Morgan fingerprint density at radius 3 is 2.15 bits per heavy atom. The fraction of sp³-hybridized carbons (Fsp3) is 0.556. The lowest BCUT2D eigenvalue weighted by Gasteiger charge is -2.23. The molecule has 1 rings (SSSR count). The first-order valence-electron chi connectivity index (χ1n) is 8.77. The van der Waals surface area contributed by atoms with E-state index in [0.717, 1.165) is 0 Å². The molecular formula is C18H25ClFO6P. The van der Waals surface area contributed by atoms with Gasteiger partial charge in [-0.2, -0.15) is 0 Å².